The lowest BCUT2D eigenvalue weighted by molar-refractivity contribution is -0.131. The highest BCUT2D eigenvalue weighted by molar-refractivity contribution is 6.35. The molecule has 0 saturated carbocycles. The van der Waals surface area contributed by atoms with Gasteiger partial charge in [0.1, 0.15) is 11.2 Å². The van der Waals surface area contributed by atoms with E-state index in [1.54, 1.807) is 14.0 Å². The molecule has 1 aromatic rings. The van der Waals surface area contributed by atoms with Crippen LogP contribution in [0.25, 0.3) is 0 Å². The molecule has 7 heteroatoms. The number of pyridine rings is 1. The van der Waals surface area contributed by atoms with Crippen LogP contribution in [0, 0.1) is 0 Å². The SMILES string of the molecule is CCN(C)C(=O)C(C)NC(=O)c1cc(Cl)ncc1Cl. The van der Waals surface area contributed by atoms with Crippen molar-refractivity contribution in [2.75, 3.05) is 13.6 Å². The molecule has 0 saturated heterocycles. The van der Waals surface area contributed by atoms with E-state index in [1.807, 2.05) is 6.92 Å². The van der Waals surface area contributed by atoms with Crippen molar-refractivity contribution in [2.45, 2.75) is 19.9 Å². The van der Waals surface area contributed by atoms with E-state index in [9.17, 15) is 9.59 Å². The van der Waals surface area contributed by atoms with Crippen LogP contribution in [0.2, 0.25) is 10.2 Å². The van der Waals surface area contributed by atoms with Crippen molar-refractivity contribution >= 4 is 35.0 Å². The van der Waals surface area contributed by atoms with Gasteiger partial charge in [0.15, 0.2) is 0 Å². The molecular formula is C12H15Cl2N3O2. The fourth-order valence-corrected chi connectivity index (χ4v) is 1.76. The third-order valence-electron chi connectivity index (χ3n) is 2.64. The number of halogens is 2. The molecule has 1 aromatic heterocycles. The molecule has 19 heavy (non-hydrogen) atoms. The van der Waals surface area contributed by atoms with Gasteiger partial charge in [-0.15, -0.1) is 0 Å². The van der Waals surface area contributed by atoms with Crippen LogP contribution in [0.15, 0.2) is 12.3 Å². The van der Waals surface area contributed by atoms with Crippen LogP contribution in [0.4, 0.5) is 0 Å². The molecule has 0 radical (unpaired) electrons. The van der Waals surface area contributed by atoms with E-state index in [4.69, 9.17) is 23.2 Å². The van der Waals surface area contributed by atoms with Crippen molar-refractivity contribution in [1.82, 2.24) is 15.2 Å². The first-order valence-electron chi connectivity index (χ1n) is 5.73. The second-order valence-corrected chi connectivity index (χ2v) is 4.83. The average Bonchev–Trinajstić information content (AvgIpc) is 2.39. The molecule has 2 amide bonds. The number of carbonyl (C=O) groups is 2. The van der Waals surface area contributed by atoms with Crippen molar-refractivity contribution in [2.24, 2.45) is 0 Å². The van der Waals surface area contributed by atoms with E-state index < -0.39 is 11.9 Å². The van der Waals surface area contributed by atoms with Gasteiger partial charge >= 0.3 is 0 Å². The van der Waals surface area contributed by atoms with Crippen molar-refractivity contribution in [3.8, 4) is 0 Å². The third kappa shape index (κ3) is 4.08. The largest absolute Gasteiger partial charge is 0.344 e. The standard InChI is InChI=1S/C12H15Cl2N3O2/c1-4-17(3)12(19)7(2)16-11(18)8-5-10(14)15-6-9(8)13/h5-7H,4H2,1-3H3,(H,16,18). The third-order valence-corrected chi connectivity index (χ3v) is 3.14. The quantitative estimate of drug-likeness (QED) is 0.865. The summed E-state index contributed by atoms with van der Waals surface area (Å²) in [6.07, 6.45) is 1.30. The molecule has 0 aliphatic rings. The molecule has 0 aliphatic carbocycles. The normalized spacial score (nSPS) is 11.8. The first-order chi connectivity index (χ1) is 8.86. The summed E-state index contributed by atoms with van der Waals surface area (Å²) in [5, 5.41) is 2.93. The molecule has 1 atom stereocenters. The van der Waals surface area contributed by atoms with E-state index in [1.165, 1.54) is 17.2 Å². The van der Waals surface area contributed by atoms with Crippen LogP contribution in [-0.4, -0.2) is 41.3 Å². The molecule has 104 valence electrons. The molecule has 0 aliphatic heterocycles. The maximum Gasteiger partial charge on any atom is 0.253 e. The molecule has 1 rings (SSSR count). The maximum absolute atomic E-state index is 12.0. The Balaban J connectivity index is 2.80. The fraction of sp³-hybridized carbons (Fsp3) is 0.417. The summed E-state index contributed by atoms with van der Waals surface area (Å²) in [4.78, 5) is 29.1. The van der Waals surface area contributed by atoms with Gasteiger partial charge in [0.05, 0.1) is 10.6 Å². The Morgan fingerprint density at radius 3 is 2.68 bits per heavy atom. The number of hydrogen-bond donors (Lipinski definition) is 1. The van der Waals surface area contributed by atoms with Gasteiger partial charge in [-0.05, 0) is 19.9 Å². The molecule has 0 aromatic carbocycles. The zero-order valence-corrected chi connectivity index (χ0v) is 12.4. The Bertz CT molecular complexity index is 494. The van der Waals surface area contributed by atoms with E-state index in [-0.39, 0.29) is 21.6 Å². The Hall–Kier alpha value is -1.33. The molecule has 1 N–H and O–H groups in total. The monoisotopic (exact) mass is 303 g/mol. The average molecular weight is 304 g/mol. The van der Waals surface area contributed by atoms with Crippen LogP contribution >= 0.6 is 23.2 Å². The Kier molecular flexibility index (Phi) is 5.57. The van der Waals surface area contributed by atoms with Gasteiger partial charge in [-0.3, -0.25) is 9.59 Å². The number of rotatable bonds is 4. The van der Waals surface area contributed by atoms with E-state index in [0.29, 0.717) is 6.54 Å². The maximum atomic E-state index is 12.0. The number of aromatic nitrogens is 1. The number of carbonyl (C=O) groups excluding carboxylic acids is 2. The number of amides is 2. The fourth-order valence-electron chi connectivity index (χ4n) is 1.41. The lowest BCUT2D eigenvalue weighted by Gasteiger charge is -2.20. The van der Waals surface area contributed by atoms with Crippen LogP contribution in [-0.2, 0) is 4.79 Å². The summed E-state index contributed by atoms with van der Waals surface area (Å²) in [5.74, 6) is -0.633. The summed E-state index contributed by atoms with van der Waals surface area (Å²) >= 11 is 11.6. The second kappa shape index (κ2) is 6.73. The van der Waals surface area contributed by atoms with E-state index in [0.717, 1.165) is 0 Å². The molecule has 5 nitrogen and oxygen atoms in total. The molecular weight excluding hydrogens is 289 g/mol. The first kappa shape index (κ1) is 15.7. The molecule has 0 spiro atoms. The Labute approximate surface area is 121 Å². The lowest BCUT2D eigenvalue weighted by atomic mass is 10.2. The van der Waals surface area contributed by atoms with Crippen LogP contribution in [0.3, 0.4) is 0 Å². The predicted octanol–water partition coefficient (Wildman–Crippen LogP) is 1.98. The van der Waals surface area contributed by atoms with Gasteiger partial charge in [-0.1, -0.05) is 23.2 Å². The highest BCUT2D eigenvalue weighted by atomic mass is 35.5. The van der Waals surface area contributed by atoms with Crippen molar-refractivity contribution in [3.05, 3.63) is 28.0 Å². The zero-order chi connectivity index (χ0) is 14.6. The minimum Gasteiger partial charge on any atom is -0.344 e. The molecule has 0 fully saturated rings. The predicted molar refractivity (Wildman–Crippen MR) is 74.5 cm³/mol. The molecule has 0 bridgehead atoms. The van der Waals surface area contributed by atoms with Gasteiger partial charge in [0, 0.05) is 19.8 Å². The van der Waals surface area contributed by atoms with Crippen LogP contribution < -0.4 is 5.32 Å². The number of likely N-dealkylation sites (N-methyl/N-ethyl adjacent to an activating group) is 1. The first-order valence-corrected chi connectivity index (χ1v) is 6.49. The molecule has 1 heterocycles. The zero-order valence-electron chi connectivity index (χ0n) is 10.9. The van der Waals surface area contributed by atoms with Gasteiger partial charge in [0.25, 0.3) is 5.91 Å². The highest BCUT2D eigenvalue weighted by Gasteiger charge is 2.20. The minimum atomic E-state index is -0.638. The minimum absolute atomic E-state index is 0.166. The Morgan fingerprint density at radius 1 is 1.47 bits per heavy atom. The van der Waals surface area contributed by atoms with Gasteiger partial charge in [-0.2, -0.15) is 0 Å². The summed E-state index contributed by atoms with van der Waals surface area (Å²) in [6.45, 7) is 4.04. The number of nitrogens with one attached hydrogen (secondary N) is 1. The van der Waals surface area contributed by atoms with Crippen LogP contribution in [0.5, 0.6) is 0 Å². The smallest absolute Gasteiger partial charge is 0.253 e. The highest BCUT2D eigenvalue weighted by Crippen LogP contribution is 2.18. The van der Waals surface area contributed by atoms with Gasteiger partial charge < -0.3 is 10.2 Å². The van der Waals surface area contributed by atoms with Crippen molar-refractivity contribution < 1.29 is 9.59 Å². The van der Waals surface area contributed by atoms with Crippen LogP contribution in [0.1, 0.15) is 24.2 Å². The summed E-state index contributed by atoms with van der Waals surface area (Å²) < 4.78 is 0. The lowest BCUT2D eigenvalue weighted by Crippen LogP contribution is -2.45. The summed E-state index contributed by atoms with van der Waals surface area (Å²) in [6, 6.07) is 0.723. The van der Waals surface area contributed by atoms with E-state index in [2.05, 4.69) is 10.3 Å². The van der Waals surface area contributed by atoms with Crippen molar-refractivity contribution in [3.63, 3.8) is 0 Å². The van der Waals surface area contributed by atoms with Crippen molar-refractivity contribution in [1.29, 1.82) is 0 Å². The van der Waals surface area contributed by atoms with Gasteiger partial charge in [0.2, 0.25) is 5.91 Å². The van der Waals surface area contributed by atoms with Gasteiger partial charge in [-0.25, -0.2) is 4.98 Å². The number of hydrogen-bond acceptors (Lipinski definition) is 3. The van der Waals surface area contributed by atoms with E-state index >= 15 is 0 Å². The summed E-state index contributed by atoms with van der Waals surface area (Å²) in [5.41, 5.74) is 0.195. The number of nitrogens with zero attached hydrogens (tertiary/aromatic N) is 2. The topological polar surface area (TPSA) is 62.3 Å². The summed E-state index contributed by atoms with van der Waals surface area (Å²) in [7, 11) is 1.67. The molecule has 1 unspecified atom stereocenters. The Morgan fingerprint density at radius 2 is 2.11 bits per heavy atom. The second-order valence-electron chi connectivity index (χ2n) is 4.03.